The Bertz CT molecular complexity index is 547. The van der Waals surface area contributed by atoms with Gasteiger partial charge in [0.2, 0.25) is 0 Å². The van der Waals surface area contributed by atoms with Crippen molar-refractivity contribution in [3.63, 3.8) is 0 Å². The number of aliphatic carboxylic acids is 1. The fourth-order valence-corrected chi connectivity index (χ4v) is 2.33. The molecule has 1 aromatic carbocycles. The van der Waals surface area contributed by atoms with Crippen molar-refractivity contribution in [3.05, 3.63) is 35.4 Å². The van der Waals surface area contributed by atoms with Gasteiger partial charge >= 0.3 is 5.97 Å². The van der Waals surface area contributed by atoms with Crippen LogP contribution in [0.1, 0.15) is 63.9 Å². The minimum atomic E-state index is -0.839. The molecular formula is C19H29NO3. The van der Waals surface area contributed by atoms with Gasteiger partial charge in [-0.1, -0.05) is 53.7 Å². The molecule has 0 aliphatic carbocycles. The first-order valence-electron chi connectivity index (χ1n) is 8.02. The summed E-state index contributed by atoms with van der Waals surface area (Å²) < 4.78 is 0. The molecule has 1 amide bonds. The molecule has 0 saturated carbocycles. The van der Waals surface area contributed by atoms with Crippen LogP contribution in [0.5, 0.6) is 0 Å². The second-order valence-corrected chi connectivity index (χ2v) is 8.20. The molecule has 2 N–H and O–H groups in total. The van der Waals surface area contributed by atoms with Crippen LogP contribution in [0.3, 0.4) is 0 Å². The normalized spacial score (nSPS) is 13.5. The van der Waals surface area contributed by atoms with Gasteiger partial charge in [0.15, 0.2) is 0 Å². The van der Waals surface area contributed by atoms with Gasteiger partial charge in [-0.3, -0.25) is 9.59 Å². The largest absolute Gasteiger partial charge is 0.481 e. The molecule has 0 aromatic heterocycles. The van der Waals surface area contributed by atoms with E-state index in [9.17, 15) is 9.59 Å². The van der Waals surface area contributed by atoms with Gasteiger partial charge in [-0.2, -0.15) is 0 Å². The predicted molar refractivity (Wildman–Crippen MR) is 92.7 cm³/mol. The van der Waals surface area contributed by atoms with Crippen LogP contribution < -0.4 is 5.32 Å². The van der Waals surface area contributed by atoms with E-state index in [-0.39, 0.29) is 29.1 Å². The van der Waals surface area contributed by atoms with Crippen molar-refractivity contribution in [2.24, 2.45) is 11.3 Å². The monoisotopic (exact) mass is 319 g/mol. The summed E-state index contributed by atoms with van der Waals surface area (Å²) in [6, 6.07) is 7.57. The molecular weight excluding hydrogens is 290 g/mol. The Morgan fingerprint density at radius 3 is 1.96 bits per heavy atom. The van der Waals surface area contributed by atoms with E-state index in [1.165, 1.54) is 5.56 Å². The number of nitrogens with one attached hydrogen (secondary N) is 1. The molecule has 0 spiro atoms. The average molecular weight is 319 g/mol. The summed E-state index contributed by atoms with van der Waals surface area (Å²) in [6.07, 6.45) is 0.0484. The van der Waals surface area contributed by atoms with Crippen molar-refractivity contribution in [3.8, 4) is 0 Å². The highest BCUT2D eigenvalue weighted by Gasteiger charge is 2.27. The summed E-state index contributed by atoms with van der Waals surface area (Å²) in [5.41, 5.74) is 1.64. The fourth-order valence-electron chi connectivity index (χ4n) is 2.33. The van der Waals surface area contributed by atoms with Gasteiger partial charge in [0, 0.05) is 12.1 Å². The topological polar surface area (TPSA) is 66.4 Å². The van der Waals surface area contributed by atoms with E-state index in [4.69, 9.17) is 5.11 Å². The molecule has 1 rings (SSSR count). The first-order chi connectivity index (χ1) is 10.4. The molecule has 0 saturated heterocycles. The van der Waals surface area contributed by atoms with Gasteiger partial charge in [-0.15, -0.1) is 0 Å². The van der Waals surface area contributed by atoms with Crippen LogP contribution in [0.4, 0.5) is 0 Å². The standard InChI is InChI=1S/C19H29NO3/c1-18(2,3)14-9-7-13(8-10-14)17(23)20-12-15(11-16(21)22)19(4,5)6/h7-10,15H,11-12H2,1-6H3,(H,20,23)(H,21,22). The lowest BCUT2D eigenvalue weighted by molar-refractivity contribution is -0.139. The maximum absolute atomic E-state index is 12.3. The number of rotatable bonds is 5. The van der Waals surface area contributed by atoms with Crippen LogP contribution in [0.15, 0.2) is 24.3 Å². The third-order valence-corrected chi connectivity index (χ3v) is 4.17. The zero-order valence-electron chi connectivity index (χ0n) is 15.1. The lowest BCUT2D eigenvalue weighted by Crippen LogP contribution is -2.36. The molecule has 1 aromatic rings. The molecule has 23 heavy (non-hydrogen) atoms. The van der Waals surface area contributed by atoms with Gasteiger partial charge < -0.3 is 10.4 Å². The first kappa shape index (κ1) is 19.2. The maximum atomic E-state index is 12.3. The van der Waals surface area contributed by atoms with E-state index in [1.807, 2.05) is 45.0 Å². The fraction of sp³-hybridized carbons (Fsp3) is 0.579. The van der Waals surface area contributed by atoms with Gasteiger partial charge in [0.05, 0.1) is 6.42 Å². The first-order valence-corrected chi connectivity index (χ1v) is 8.02. The number of carboxylic acid groups (broad SMARTS) is 1. The molecule has 4 heteroatoms. The van der Waals surface area contributed by atoms with E-state index in [2.05, 4.69) is 26.1 Å². The van der Waals surface area contributed by atoms with Crippen molar-refractivity contribution < 1.29 is 14.7 Å². The van der Waals surface area contributed by atoms with Gasteiger partial charge in [-0.05, 0) is 34.4 Å². The zero-order valence-corrected chi connectivity index (χ0v) is 15.1. The number of hydrogen-bond acceptors (Lipinski definition) is 2. The molecule has 0 aliphatic heterocycles. The van der Waals surface area contributed by atoms with E-state index in [0.29, 0.717) is 12.1 Å². The van der Waals surface area contributed by atoms with Crippen molar-refractivity contribution in [2.45, 2.75) is 53.4 Å². The molecule has 4 nitrogen and oxygen atoms in total. The van der Waals surface area contributed by atoms with Crippen LogP contribution in [-0.2, 0) is 10.2 Å². The highest BCUT2D eigenvalue weighted by atomic mass is 16.4. The second kappa shape index (κ2) is 7.16. The average Bonchev–Trinajstić information content (AvgIpc) is 2.40. The smallest absolute Gasteiger partial charge is 0.303 e. The van der Waals surface area contributed by atoms with Crippen molar-refractivity contribution >= 4 is 11.9 Å². The minimum absolute atomic E-state index is 0.0484. The number of benzene rings is 1. The van der Waals surface area contributed by atoms with E-state index >= 15 is 0 Å². The molecule has 0 aliphatic rings. The van der Waals surface area contributed by atoms with Crippen LogP contribution >= 0.6 is 0 Å². The Morgan fingerprint density at radius 2 is 1.57 bits per heavy atom. The number of carbonyl (C=O) groups is 2. The molecule has 0 radical (unpaired) electrons. The number of amides is 1. The Kier molecular flexibility index (Phi) is 5.98. The van der Waals surface area contributed by atoms with E-state index in [1.54, 1.807) is 0 Å². The summed E-state index contributed by atoms with van der Waals surface area (Å²) in [5.74, 6) is -1.11. The lowest BCUT2D eigenvalue weighted by Gasteiger charge is -2.29. The van der Waals surface area contributed by atoms with E-state index < -0.39 is 5.97 Å². The van der Waals surface area contributed by atoms with Gasteiger partial charge in [0.1, 0.15) is 0 Å². The zero-order chi connectivity index (χ0) is 17.8. The number of hydrogen-bond donors (Lipinski definition) is 2. The molecule has 0 heterocycles. The predicted octanol–water partition coefficient (Wildman–Crippen LogP) is 3.85. The summed E-state index contributed by atoms with van der Waals surface area (Å²) in [6.45, 7) is 12.7. The molecule has 1 atom stereocenters. The number of carbonyl (C=O) groups excluding carboxylic acids is 1. The Morgan fingerprint density at radius 1 is 1.04 bits per heavy atom. The lowest BCUT2D eigenvalue weighted by atomic mass is 9.78. The molecule has 128 valence electrons. The van der Waals surface area contributed by atoms with Gasteiger partial charge in [0.25, 0.3) is 5.91 Å². The minimum Gasteiger partial charge on any atom is -0.481 e. The van der Waals surface area contributed by atoms with Gasteiger partial charge in [-0.25, -0.2) is 0 Å². The Labute approximate surface area is 139 Å². The highest BCUT2D eigenvalue weighted by molar-refractivity contribution is 5.94. The van der Waals surface area contributed by atoms with Crippen molar-refractivity contribution in [1.29, 1.82) is 0 Å². The third-order valence-electron chi connectivity index (χ3n) is 4.17. The van der Waals surface area contributed by atoms with Crippen LogP contribution in [0.2, 0.25) is 0 Å². The second-order valence-electron chi connectivity index (χ2n) is 8.20. The van der Waals surface area contributed by atoms with Crippen molar-refractivity contribution in [1.82, 2.24) is 5.32 Å². The van der Waals surface area contributed by atoms with Crippen LogP contribution in [0.25, 0.3) is 0 Å². The highest BCUT2D eigenvalue weighted by Crippen LogP contribution is 2.28. The maximum Gasteiger partial charge on any atom is 0.303 e. The SMILES string of the molecule is CC(C)(C)c1ccc(C(=O)NCC(CC(=O)O)C(C)(C)C)cc1. The summed E-state index contributed by atoms with van der Waals surface area (Å²) in [4.78, 5) is 23.3. The van der Waals surface area contributed by atoms with Crippen LogP contribution in [0, 0.1) is 11.3 Å². The van der Waals surface area contributed by atoms with E-state index in [0.717, 1.165) is 0 Å². The summed E-state index contributed by atoms with van der Waals surface area (Å²) in [5, 5.41) is 11.9. The Balaban J connectivity index is 2.73. The van der Waals surface area contributed by atoms with Crippen LogP contribution in [-0.4, -0.2) is 23.5 Å². The molecule has 1 unspecified atom stereocenters. The number of carboxylic acids is 1. The third kappa shape index (κ3) is 6.05. The Hall–Kier alpha value is -1.84. The summed E-state index contributed by atoms with van der Waals surface area (Å²) >= 11 is 0. The molecule has 0 bridgehead atoms. The summed E-state index contributed by atoms with van der Waals surface area (Å²) in [7, 11) is 0. The quantitative estimate of drug-likeness (QED) is 0.866. The molecule has 0 fully saturated rings. The van der Waals surface area contributed by atoms with Crippen molar-refractivity contribution in [2.75, 3.05) is 6.54 Å².